The number of rotatable bonds is 4. The number of anilines is 1. The number of fused-ring (bicyclic) bond motifs is 1. The van der Waals surface area contributed by atoms with Crippen molar-refractivity contribution in [3.8, 4) is 5.75 Å². The second-order valence-electron chi connectivity index (χ2n) is 5.69. The van der Waals surface area contributed by atoms with Gasteiger partial charge in [-0.15, -0.1) is 0 Å². The number of carbonyl (C=O) groups excluding carboxylic acids is 2. The van der Waals surface area contributed by atoms with E-state index in [1.165, 1.54) is 4.90 Å². The summed E-state index contributed by atoms with van der Waals surface area (Å²) in [7, 11) is 0. The summed E-state index contributed by atoms with van der Waals surface area (Å²) in [6.07, 6.45) is 0. The van der Waals surface area contributed by atoms with Gasteiger partial charge >= 0.3 is 0 Å². The third kappa shape index (κ3) is 2.48. The van der Waals surface area contributed by atoms with Gasteiger partial charge in [-0.25, -0.2) is 4.90 Å². The monoisotopic (exact) mass is 295 g/mol. The first-order valence-electron chi connectivity index (χ1n) is 7.28. The molecule has 0 saturated heterocycles. The minimum Gasteiger partial charge on any atom is -0.493 e. The lowest BCUT2D eigenvalue weighted by molar-refractivity contribution is 0.0926. The molecule has 2 aromatic carbocycles. The van der Waals surface area contributed by atoms with Gasteiger partial charge < -0.3 is 4.74 Å². The first kappa shape index (κ1) is 14.3. The Labute approximate surface area is 129 Å². The van der Waals surface area contributed by atoms with Gasteiger partial charge in [-0.3, -0.25) is 9.59 Å². The maximum absolute atomic E-state index is 12.4. The topological polar surface area (TPSA) is 46.6 Å². The highest BCUT2D eigenvalue weighted by Crippen LogP contribution is 2.29. The van der Waals surface area contributed by atoms with Crippen LogP contribution in [0.15, 0.2) is 48.5 Å². The minimum absolute atomic E-state index is 0.281. The van der Waals surface area contributed by atoms with E-state index in [2.05, 4.69) is 13.8 Å². The maximum atomic E-state index is 12.4. The molecule has 0 atom stereocenters. The van der Waals surface area contributed by atoms with Crippen molar-refractivity contribution in [2.45, 2.75) is 13.8 Å². The molecule has 0 aromatic heterocycles. The Morgan fingerprint density at radius 2 is 1.45 bits per heavy atom. The average Bonchev–Trinajstić information content (AvgIpc) is 2.78. The van der Waals surface area contributed by atoms with Crippen molar-refractivity contribution in [3.05, 3.63) is 59.7 Å². The van der Waals surface area contributed by atoms with Gasteiger partial charge in [0.15, 0.2) is 0 Å². The molecule has 0 unspecified atom stereocenters. The summed E-state index contributed by atoms with van der Waals surface area (Å²) in [5, 5.41) is 0. The minimum atomic E-state index is -0.281. The van der Waals surface area contributed by atoms with Gasteiger partial charge in [-0.1, -0.05) is 26.0 Å². The van der Waals surface area contributed by atoms with E-state index in [1.807, 2.05) is 0 Å². The highest BCUT2D eigenvalue weighted by atomic mass is 16.5. The molecule has 0 radical (unpaired) electrons. The Bertz CT molecular complexity index is 684. The number of amides is 2. The predicted molar refractivity (Wildman–Crippen MR) is 84.4 cm³/mol. The number of ether oxygens (including phenoxy) is 1. The van der Waals surface area contributed by atoms with Crippen molar-refractivity contribution < 1.29 is 14.3 Å². The van der Waals surface area contributed by atoms with E-state index in [0.717, 1.165) is 5.75 Å². The molecule has 1 aliphatic rings. The lowest BCUT2D eigenvalue weighted by atomic mass is 10.1. The molecule has 0 aliphatic carbocycles. The Balaban J connectivity index is 1.84. The zero-order valence-corrected chi connectivity index (χ0v) is 12.6. The van der Waals surface area contributed by atoms with Gasteiger partial charge in [0.05, 0.1) is 23.4 Å². The van der Waals surface area contributed by atoms with Gasteiger partial charge in [0.2, 0.25) is 0 Å². The van der Waals surface area contributed by atoms with Crippen molar-refractivity contribution in [1.82, 2.24) is 0 Å². The molecule has 2 amide bonds. The molecule has 22 heavy (non-hydrogen) atoms. The van der Waals surface area contributed by atoms with E-state index in [0.29, 0.717) is 29.3 Å². The normalized spacial score (nSPS) is 13.7. The Morgan fingerprint density at radius 3 is 1.95 bits per heavy atom. The van der Waals surface area contributed by atoms with Crippen LogP contribution in [0.25, 0.3) is 0 Å². The highest BCUT2D eigenvalue weighted by Gasteiger charge is 2.36. The summed E-state index contributed by atoms with van der Waals surface area (Å²) < 4.78 is 5.61. The third-order valence-corrected chi connectivity index (χ3v) is 3.47. The fourth-order valence-corrected chi connectivity index (χ4v) is 2.38. The Kier molecular flexibility index (Phi) is 3.67. The summed E-state index contributed by atoms with van der Waals surface area (Å²) in [6, 6.07) is 13.9. The second kappa shape index (κ2) is 5.64. The van der Waals surface area contributed by atoms with E-state index in [4.69, 9.17) is 4.74 Å². The number of nitrogens with zero attached hydrogens (tertiary/aromatic N) is 1. The molecule has 4 nitrogen and oxygen atoms in total. The summed E-state index contributed by atoms with van der Waals surface area (Å²) in [5.74, 6) is 0.609. The van der Waals surface area contributed by atoms with Crippen LogP contribution in [0.4, 0.5) is 5.69 Å². The molecule has 1 heterocycles. The van der Waals surface area contributed by atoms with Crippen molar-refractivity contribution in [1.29, 1.82) is 0 Å². The van der Waals surface area contributed by atoms with Crippen LogP contribution in [0.5, 0.6) is 5.75 Å². The quantitative estimate of drug-likeness (QED) is 0.811. The molecule has 1 aliphatic heterocycles. The molecular formula is C18H17NO3. The summed E-state index contributed by atoms with van der Waals surface area (Å²) >= 11 is 0. The van der Waals surface area contributed by atoms with E-state index in [1.54, 1.807) is 48.5 Å². The molecule has 0 bridgehead atoms. The highest BCUT2D eigenvalue weighted by molar-refractivity contribution is 6.34. The van der Waals surface area contributed by atoms with Crippen LogP contribution in [-0.4, -0.2) is 18.4 Å². The zero-order valence-electron chi connectivity index (χ0n) is 12.6. The van der Waals surface area contributed by atoms with Gasteiger partial charge in [0.1, 0.15) is 5.75 Å². The molecule has 0 spiro atoms. The van der Waals surface area contributed by atoms with Gasteiger partial charge in [-0.2, -0.15) is 0 Å². The number of imide groups is 1. The number of hydrogen-bond donors (Lipinski definition) is 0. The number of benzene rings is 2. The first-order chi connectivity index (χ1) is 10.6. The number of carbonyl (C=O) groups is 2. The average molecular weight is 295 g/mol. The fourth-order valence-electron chi connectivity index (χ4n) is 2.38. The smallest absolute Gasteiger partial charge is 0.266 e. The zero-order chi connectivity index (χ0) is 15.7. The van der Waals surface area contributed by atoms with Crippen molar-refractivity contribution in [3.63, 3.8) is 0 Å². The van der Waals surface area contributed by atoms with Gasteiger partial charge in [-0.05, 0) is 42.3 Å². The summed E-state index contributed by atoms with van der Waals surface area (Å²) in [6.45, 7) is 4.78. The van der Waals surface area contributed by atoms with Crippen LogP contribution in [0.3, 0.4) is 0 Å². The fraction of sp³-hybridized carbons (Fsp3) is 0.222. The third-order valence-electron chi connectivity index (χ3n) is 3.47. The number of hydrogen-bond acceptors (Lipinski definition) is 3. The Morgan fingerprint density at radius 1 is 0.909 bits per heavy atom. The summed E-state index contributed by atoms with van der Waals surface area (Å²) in [4.78, 5) is 26.0. The maximum Gasteiger partial charge on any atom is 0.266 e. The Hall–Kier alpha value is -2.62. The summed E-state index contributed by atoms with van der Waals surface area (Å²) in [5.41, 5.74) is 1.46. The van der Waals surface area contributed by atoms with Gasteiger partial charge in [0, 0.05) is 0 Å². The van der Waals surface area contributed by atoms with E-state index in [-0.39, 0.29) is 11.8 Å². The van der Waals surface area contributed by atoms with Crippen molar-refractivity contribution in [2.75, 3.05) is 11.5 Å². The van der Waals surface area contributed by atoms with E-state index in [9.17, 15) is 9.59 Å². The molecule has 0 fully saturated rings. The molecule has 112 valence electrons. The molecule has 3 rings (SSSR count). The van der Waals surface area contributed by atoms with Gasteiger partial charge in [0.25, 0.3) is 11.8 Å². The van der Waals surface area contributed by atoms with Crippen molar-refractivity contribution in [2.24, 2.45) is 5.92 Å². The van der Waals surface area contributed by atoms with Crippen LogP contribution >= 0.6 is 0 Å². The van der Waals surface area contributed by atoms with Crippen LogP contribution < -0.4 is 9.64 Å². The van der Waals surface area contributed by atoms with E-state index < -0.39 is 0 Å². The molecule has 0 N–H and O–H groups in total. The van der Waals surface area contributed by atoms with Crippen molar-refractivity contribution >= 4 is 17.5 Å². The lowest BCUT2D eigenvalue weighted by Gasteiger charge is -2.15. The lowest BCUT2D eigenvalue weighted by Crippen LogP contribution is -2.29. The standard InChI is InChI=1S/C18H17NO3/c1-12(2)11-22-14-9-7-13(8-10-14)19-17(20)15-5-3-4-6-16(15)18(19)21/h3-10,12H,11H2,1-2H3. The molecule has 0 saturated carbocycles. The molecular weight excluding hydrogens is 278 g/mol. The van der Waals surface area contributed by atoms with Crippen LogP contribution in [0.1, 0.15) is 34.6 Å². The molecule has 2 aromatic rings. The SMILES string of the molecule is CC(C)COc1ccc(N2C(=O)c3ccccc3C2=O)cc1. The molecule has 4 heteroatoms. The largest absolute Gasteiger partial charge is 0.493 e. The van der Waals surface area contributed by atoms with E-state index >= 15 is 0 Å². The predicted octanol–water partition coefficient (Wildman–Crippen LogP) is 3.52. The van der Waals surface area contributed by atoms with Crippen LogP contribution in [0, 0.1) is 5.92 Å². The second-order valence-corrected chi connectivity index (χ2v) is 5.69. The van der Waals surface area contributed by atoms with Crippen LogP contribution in [0.2, 0.25) is 0 Å². The van der Waals surface area contributed by atoms with Crippen LogP contribution in [-0.2, 0) is 0 Å². The first-order valence-corrected chi connectivity index (χ1v) is 7.28.